The summed E-state index contributed by atoms with van der Waals surface area (Å²) in [5.74, 6) is -3.76. The third kappa shape index (κ3) is 9.12. The molecule has 5 nitrogen and oxygen atoms in total. The molecule has 0 aromatic heterocycles. The van der Waals surface area contributed by atoms with Gasteiger partial charge in [-0.2, -0.15) is 22.0 Å². The molecular formula is C45H50F5N3O2. The maximum atomic E-state index is 14.1. The molecule has 0 saturated carbocycles. The van der Waals surface area contributed by atoms with Gasteiger partial charge in [-0.1, -0.05) is 92.7 Å². The first kappa shape index (κ1) is 40.1. The number of halogens is 5. The van der Waals surface area contributed by atoms with Crippen LogP contribution >= 0.6 is 0 Å². The Kier molecular flexibility index (Phi) is 12.4. The molecule has 1 saturated heterocycles. The van der Waals surface area contributed by atoms with Crippen LogP contribution in [0.15, 0.2) is 103 Å². The van der Waals surface area contributed by atoms with Crippen molar-refractivity contribution >= 4 is 17.4 Å². The van der Waals surface area contributed by atoms with Gasteiger partial charge in [0.1, 0.15) is 6.54 Å². The van der Waals surface area contributed by atoms with Gasteiger partial charge in [-0.15, -0.1) is 0 Å². The smallest absolute Gasteiger partial charge is 0.349 e. The van der Waals surface area contributed by atoms with Crippen molar-refractivity contribution < 1.29 is 31.5 Å². The zero-order valence-electron chi connectivity index (χ0n) is 31.4. The van der Waals surface area contributed by atoms with Crippen molar-refractivity contribution in [3.63, 3.8) is 0 Å². The highest BCUT2D eigenvalue weighted by molar-refractivity contribution is 6.02. The fourth-order valence-electron chi connectivity index (χ4n) is 8.73. The molecule has 10 heteroatoms. The summed E-state index contributed by atoms with van der Waals surface area (Å²) in [5.41, 5.74) is 4.73. The van der Waals surface area contributed by atoms with Crippen LogP contribution in [0.2, 0.25) is 0 Å². The van der Waals surface area contributed by atoms with Gasteiger partial charge in [0.05, 0.1) is 5.41 Å². The molecule has 3 aromatic carbocycles. The van der Waals surface area contributed by atoms with Gasteiger partial charge in [0.25, 0.3) is 11.8 Å². The van der Waals surface area contributed by atoms with Gasteiger partial charge in [-0.3, -0.25) is 9.59 Å². The van der Waals surface area contributed by atoms with E-state index >= 15 is 0 Å². The number of rotatable bonds is 15. The van der Waals surface area contributed by atoms with Crippen LogP contribution in [0.1, 0.15) is 90.0 Å². The zero-order chi connectivity index (χ0) is 39.2. The van der Waals surface area contributed by atoms with E-state index < -0.39 is 30.0 Å². The van der Waals surface area contributed by atoms with Crippen molar-refractivity contribution in [1.82, 2.24) is 15.5 Å². The molecule has 1 fully saturated rings. The summed E-state index contributed by atoms with van der Waals surface area (Å²) in [6, 6.07) is 21.6. The first-order valence-electron chi connectivity index (χ1n) is 19.4. The minimum Gasteiger partial charge on any atom is -0.349 e. The van der Waals surface area contributed by atoms with Crippen LogP contribution in [0.4, 0.5) is 22.0 Å². The Balaban J connectivity index is 1.01. The maximum Gasteiger partial charge on any atom is 0.405 e. The van der Waals surface area contributed by atoms with Gasteiger partial charge in [0.2, 0.25) is 5.91 Å². The number of amides is 2. The molecule has 0 radical (unpaired) electrons. The topological polar surface area (TPSA) is 61.4 Å². The van der Waals surface area contributed by atoms with Crippen LogP contribution in [0.25, 0.3) is 5.57 Å². The van der Waals surface area contributed by atoms with Crippen molar-refractivity contribution in [3.8, 4) is 0 Å². The molecular weight excluding hydrogens is 710 g/mol. The average Bonchev–Trinajstić information content (AvgIpc) is 3.47. The van der Waals surface area contributed by atoms with E-state index in [1.54, 1.807) is 6.07 Å². The predicted molar refractivity (Wildman–Crippen MR) is 207 cm³/mol. The van der Waals surface area contributed by atoms with E-state index in [2.05, 4.69) is 35.1 Å². The Morgan fingerprint density at radius 2 is 1.67 bits per heavy atom. The van der Waals surface area contributed by atoms with E-state index in [1.165, 1.54) is 12.1 Å². The molecule has 2 atom stereocenters. The van der Waals surface area contributed by atoms with Gasteiger partial charge in [0.15, 0.2) is 0 Å². The first-order valence-corrected chi connectivity index (χ1v) is 19.4. The Bertz CT molecular complexity index is 1930. The monoisotopic (exact) mass is 759 g/mol. The van der Waals surface area contributed by atoms with Crippen LogP contribution in [0, 0.1) is 5.92 Å². The number of likely N-dealkylation sites (tertiary alicyclic amines) is 1. The lowest BCUT2D eigenvalue weighted by Crippen LogP contribution is -2.49. The molecule has 1 heterocycles. The summed E-state index contributed by atoms with van der Waals surface area (Å²) < 4.78 is 68.1. The molecule has 2 aliphatic carbocycles. The van der Waals surface area contributed by atoms with Crippen LogP contribution in [0.3, 0.4) is 0 Å². The van der Waals surface area contributed by atoms with Gasteiger partial charge in [-0.05, 0) is 115 Å². The van der Waals surface area contributed by atoms with Crippen molar-refractivity contribution in [3.05, 3.63) is 137 Å². The molecule has 3 aliphatic rings. The van der Waals surface area contributed by atoms with E-state index in [1.807, 2.05) is 60.7 Å². The number of nitrogens with zero attached hydrogens (tertiary/aromatic N) is 1. The number of fused-ring (bicyclic) bond motifs is 2. The molecule has 0 spiro atoms. The number of allylic oxidation sites excluding steroid dienone is 4. The van der Waals surface area contributed by atoms with E-state index in [0.717, 1.165) is 78.7 Å². The number of carbonyl (C=O) groups excluding carboxylic acids is 2. The summed E-state index contributed by atoms with van der Waals surface area (Å²) in [4.78, 5) is 29.7. The van der Waals surface area contributed by atoms with Gasteiger partial charge in [0, 0.05) is 30.3 Å². The Labute approximate surface area is 320 Å². The van der Waals surface area contributed by atoms with Crippen LogP contribution < -0.4 is 10.6 Å². The SMILES string of the molecule is C=CC(F)(F)c1cccc(CCCc2ccccc2C(=O)NC2CCN(CCCCC3(C(=O)NCC(F)(F)F)C4=C(C=CCC4C)c4ccccc43)CC2)c1. The van der Waals surface area contributed by atoms with Crippen molar-refractivity contribution in [2.24, 2.45) is 5.92 Å². The molecule has 292 valence electrons. The molecule has 6 rings (SSSR count). The van der Waals surface area contributed by atoms with E-state index in [0.29, 0.717) is 43.7 Å². The minimum absolute atomic E-state index is 0.0212. The lowest BCUT2D eigenvalue weighted by atomic mass is 9.67. The third-order valence-electron chi connectivity index (χ3n) is 11.5. The second-order valence-corrected chi connectivity index (χ2v) is 15.2. The Morgan fingerprint density at radius 1 is 0.927 bits per heavy atom. The standard InChI is InChI=1S/C45H50F5N3O2/c1-3-44(46,47)34-18-12-15-32(29-34)14-11-17-33-16-4-5-19-36(33)41(54)52-35-23-27-53(28-24-35)26-9-8-25-43(42(55)51-30-45(48,49)50)39-22-7-6-20-37(39)38-21-10-13-31(2)40(38)43/h3-7,10,12,15-16,18-22,29,31,35H,1,8-9,11,13-14,17,23-28,30H2,2H3,(H,51,55)(H,52,54). The maximum absolute atomic E-state index is 14.1. The second kappa shape index (κ2) is 17.1. The minimum atomic E-state index is -4.51. The normalized spacial score (nSPS) is 20.2. The summed E-state index contributed by atoms with van der Waals surface area (Å²) in [7, 11) is 0. The highest BCUT2D eigenvalue weighted by atomic mass is 19.4. The molecule has 2 unspecified atom stereocenters. The zero-order valence-corrected chi connectivity index (χ0v) is 31.4. The molecule has 1 aliphatic heterocycles. The van der Waals surface area contributed by atoms with E-state index in [4.69, 9.17) is 0 Å². The lowest BCUT2D eigenvalue weighted by Gasteiger charge is -2.37. The number of piperidine rings is 1. The number of unbranched alkanes of at least 4 members (excludes halogenated alkanes) is 1. The number of carbonyl (C=O) groups is 2. The second-order valence-electron chi connectivity index (χ2n) is 15.2. The number of benzene rings is 3. The molecule has 55 heavy (non-hydrogen) atoms. The molecule has 2 amide bonds. The fourth-order valence-corrected chi connectivity index (χ4v) is 8.73. The highest BCUT2D eigenvalue weighted by Gasteiger charge is 2.52. The molecule has 2 N–H and O–H groups in total. The lowest BCUT2D eigenvalue weighted by molar-refractivity contribution is -0.141. The Morgan fingerprint density at radius 3 is 2.44 bits per heavy atom. The van der Waals surface area contributed by atoms with Crippen molar-refractivity contribution in [2.45, 2.75) is 88.3 Å². The number of alkyl halides is 5. The number of aryl methyl sites for hydroxylation is 2. The summed E-state index contributed by atoms with van der Waals surface area (Å²) in [5, 5.41) is 5.48. The van der Waals surface area contributed by atoms with Gasteiger partial charge >= 0.3 is 6.18 Å². The predicted octanol–water partition coefficient (Wildman–Crippen LogP) is 9.48. The quantitative estimate of drug-likeness (QED) is 0.0923. The van der Waals surface area contributed by atoms with Crippen molar-refractivity contribution in [2.75, 3.05) is 26.2 Å². The van der Waals surface area contributed by atoms with Gasteiger partial charge < -0.3 is 15.5 Å². The number of hydrogen-bond donors (Lipinski definition) is 2. The van der Waals surface area contributed by atoms with Crippen LogP contribution in [-0.2, 0) is 29.0 Å². The fraction of sp³-hybridized carbons (Fsp3) is 0.422. The van der Waals surface area contributed by atoms with Crippen molar-refractivity contribution in [1.29, 1.82) is 0 Å². The molecule has 3 aromatic rings. The summed E-state index contributed by atoms with van der Waals surface area (Å²) in [6.45, 7) is 6.33. The summed E-state index contributed by atoms with van der Waals surface area (Å²) >= 11 is 0. The Hall–Kier alpha value is -4.57. The van der Waals surface area contributed by atoms with E-state index in [-0.39, 0.29) is 23.4 Å². The van der Waals surface area contributed by atoms with E-state index in [9.17, 15) is 31.5 Å². The molecule has 0 bridgehead atoms. The summed E-state index contributed by atoms with van der Waals surface area (Å²) in [6.07, 6.45) is 6.37. The largest absolute Gasteiger partial charge is 0.405 e. The first-order chi connectivity index (χ1) is 26.3. The average molecular weight is 760 g/mol. The van der Waals surface area contributed by atoms with Gasteiger partial charge in [-0.25, -0.2) is 0 Å². The number of nitrogens with one attached hydrogen (secondary N) is 2. The number of hydrogen-bond acceptors (Lipinski definition) is 3. The van der Waals surface area contributed by atoms with Crippen LogP contribution in [-0.4, -0.2) is 55.1 Å². The van der Waals surface area contributed by atoms with Crippen LogP contribution in [0.5, 0.6) is 0 Å². The highest BCUT2D eigenvalue weighted by Crippen LogP contribution is 2.54. The third-order valence-corrected chi connectivity index (χ3v) is 11.5.